The van der Waals surface area contributed by atoms with Gasteiger partial charge in [0.1, 0.15) is 0 Å². The molecule has 2 atom stereocenters. The van der Waals surface area contributed by atoms with Crippen molar-refractivity contribution in [3.63, 3.8) is 0 Å². The van der Waals surface area contributed by atoms with Crippen LogP contribution in [0.15, 0.2) is 18.2 Å². The lowest BCUT2D eigenvalue weighted by Crippen LogP contribution is -2.30. The van der Waals surface area contributed by atoms with E-state index < -0.39 is 0 Å². The van der Waals surface area contributed by atoms with E-state index in [0.717, 1.165) is 12.0 Å². The molecule has 1 aromatic rings. The van der Waals surface area contributed by atoms with Crippen LogP contribution in [0.2, 0.25) is 10.0 Å². The third-order valence-corrected chi connectivity index (χ3v) is 4.17. The fourth-order valence-electron chi connectivity index (χ4n) is 2.36. The molecule has 0 spiro atoms. The Morgan fingerprint density at radius 2 is 1.90 bits per heavy atom. The number of hydrogen-bond acceptors (Lipinski definition) is 2. The summed E-state index contributed by atoms with van der Waals surface area (Å²) in [6, 6.07) is 5.28. The highest BCUT2D eigenvalue weighted by Gasteiger charge is 2.16. The molecule has 0 heterocycles. The van der Waals surface area contributed by atoms with Crippen LogP contribution in [0.3, 0.4) is 0 Å². The predicted octanol–water partition coefficient (Wildman–Crippen LogP) is 4.18. The van der Waals surface area contributed by atoms with E-state index in [1.807, 2.05) is 13.0 Å². The number of carbonyl (C=O) groups is 1. The minimum absolute atomic E-state index is 0.0182. The Balaban J connectivity index is 2.58. The Hall–Kier alpha value is -0.770. The molecule has 3 N–H and O–H groups in total. The standard InChI is InChI=1S/C16H24Cl2N2O/c1-10(2)6-12(9-19)7-16(21)20-11(3)13-4-5-14(17)15(18)8-13/h4-5,8,10-12H,6-7,9,19H2,1-3H3,(H,20,21)/t11?,12-/m0/s1. The summed E-state index contributed by atoms with van der Waals surface area (Å²) in [4.78, 5) is 12.1. The summed E-state index contributed by atoms with van der Waals surface area (Å²) < 4.78 is 0. The van der Waals surface area contributed by atoms with Crippen LogP contribution in [0.1, 0.15) is 45.2 Å². The summed E-state index contributed by atoms with van der Waals surface area (Å²) >= 11 is 11.9. The molecule has 118 valence electrons. The number of rotatable bonds is 7. The molecule has 0 aliphatic heterocycles. The number of nitrogens with two attached hydrogens (primary N) is 1. The van der Waals surface area contributed by atoms with Gasteiger partial charge < -0.3 is 11.1 Å². The van der Waals surface area contributed by atoms with Crippen LogP contribution >= 0.6 is 23.2 Å². The van der Waals surface area contributed by atoms with Gasteiger partial charge in [0.05, 0.1) is 16.1 Å². The van der Waals surface area contributed by atoms with E-state index in [-0.39, 0.29) is 17.9 Å². The van der Waals surface area contributed by atoms with Gasteiger partial charge in [0.2, 0.25) is 5.91 Å². The molecule has 1 aromatic carbocycles. The van der Waals surface area contributed by atoms with Crippen molar-refractivity contribution >= 4 is 29.1 Å². The number of hydrogen-bond donors (Lipinski definition) is 2. The van der Waals surface area contributed by atoms with Crippen LogP contribution in [0, 0.1) is 11.8 Å². The highest BCUT2D eigenvalue weighted by atomic mass is 35.5. The highest BCUT2D eigenvalue weighted by Crippen LogP contribution is 2.25. The van der Waals surface area contributed by atoms with Gasteiger partial charge in [0, 0.05) is 6.42 Å². The number of benzene rings is 1. The lowest BCUT2D eigenvalue weighted by Gasteiger charge is -2.19. The van der Waals surface area contributed by atoms with Gasteiger partial charge in [-0.1, -0.05) is 43.1 Å². The maximum Gasteiger partial charge on any atom is 0.220 e. The summed E-state index contributed by atoms with van der Waals surface area (Å²) in [5.74, 6) is 0.787. The van der Waals surface area contributed by atoms with E-state index in [9.17, 15) is 4.79 Å². The monoisotopic (exact) mass is 330 g/mol. The summed E-state index contributed by atoms with van der Waals surface area (Å²) in [6.45, 7) is 6.74. The lowest BCUT2D eigenvalue weighted by atomic mass is 9.94. The molecular weight excluding hydrogens is 307 g/mol. The number of carbonyl (C=O) groups excluding carboxylic acids is 1. The molecule has 0 bridgehead atoms. The van der Waals surface area contributed by atoms with Crippen molar-refractivity contribution in [1.82, 2.24) is 5.32 Å². The number of halogens is 2. The minimum atomic E-state index is -0.107. The SMILES string of the molecule is CC(C)C[C@H](CN)CC(=O)NC(C)c1ccc(Cl)c(Cl)c1. The zero-order valence-corrected chi connectivity index (χ0v) is 14.3. The maximum absolute atomic E-state index is 12.1. The van der Waals surface area contributed by atoms with E-state index in [1.54, 1.807) is 12.1 Å². The Morgan fingerprint density at radius 1 is 1.24 bits per heavy atom. The first kappa shape index (κ1) is 18.3. The molecule has 0 aliphatic rings. The van der Waals surface area contributed by atoms with E-state index in [2.05, 4.69) is 19.2 Å². The fraction of sp³-hybridized carbons (Fsp3) is 0.562. The van der Waals surface area contributed by atoms with Gasteiger partial charge >= 0.3 is 0 Å². The third-order valence-electron chi connectivity index (χ3n) is 3.43. The Kier molecular flexibility index (Phi) is 7.50. The van der Waals surface area contributed by atoms with Crippen LogP contribution in [-0.2, 0) is 4.79 Å². The molecule has 1 rings (SSSR count). The molecule has 5 heteroatoms. The molecule has 0 aliphatic carbocycles. The van der Waals surface area contributed by atoms with Crippen LogP contribution in [0.25, 0.3) is 0 Å². The first-order chi connectivity index (χ1) is 9.83. The van der Waals surface area contributed by atoms with Gasteiger partial charge in [0.25, 0.3) is 0 Å². The zero-order chi connectivity index (χ0) is 16.0. The quantitative estimate of drug-likeness (QED) is 0.787. The van der Waals surface area contributed by atoms with Gasteiger partial charge in [-0.3, -0.25) is 4.79 Å². The van der Waals surface area contributed by atoms with Crippen LogP contribution in [0.5, 0.6) is 0 Å². The van der Waals surface area contributed by atoms with Crippen molar-refractivity contribution in [1.29, 1.82) is 0 Å². The average Bonchev–Trinajstić information content (AvgIpc) is 2.40. The Bertz CT molecular complexity index is 477. The lowest BCUT2D eigenvalue weighted by molar-refractivity contribution is -0.122. The largest absolute Gasteiger partial charge is 0.350 e. The van der Waals surface area contributed by atoms with E-state index in [0.29, 0.717) is 28.9 Å². The van der Waals surface area contributed by atoms with Crippen molar-refractivity contribution in [3.05, 3.63) is 33.8 Å². The number of amides is 1. The smallest absolute Gasteiger partial charge is 0.220 e. The van der Waals surface area contributed by atoms with Crippen molar-refractivity contribution in [2.24, 2.45) is 17.6 Å². The summed E-state index contributed by atoms with van der Waals surface area (Å²) in [5, 5.41) is 3.99. The second-order valence-corrected chi connectivity index (χ2v) is 6.71. The second-order valence-electron chi connectivity index (χ2n) is 5.90. The molecule has 21 heavy (non-hydrogen) atoms. The van der Waals surface area contributed by atoms with Crippen molar-refractivity contribution in [2.45, 2.75) is 39.7 Å². The van der Waals surface area contributed by atoms with E-state index in [1.165, 1.54) is 0 Å². The van der Waals surface area contributed by atoms with Gasteiger partial charge in [-0.15, -0.1) is 0 Å². The Morgan fingerprint density at radius 3 is 2.43 bits per heavy atom. The third kappa shape index (κ3) is 6.25. The summed E-state index contributed by atoms with van der Waals surface area (Å²) in [7, 11) is 0. The first-order valence-electron chi connectivity index (χ1n) is 7.27. The normalized spacial score (nSPS) is 14.0. The summed E-state index contributed by atoms with van der Waals surface area (Å²) in [6.07, 6.45) is 1.42. The number of nitrogens with one attached hydrogen (secondary N) is 1. The highest BCUT2D eigenvalue weighted by molar-refractivity contribution is 6.42. The van der Waals surface area contributed by atoms with Crippen LogP contribution in [0.4, 0.5) is 0 Å². The zero-order valence-electron chi connectivity index (χ0n) is 12.8. The van der Waals surface area contributed by atoms with Crippen LogP contribution in [-0.4, -0.2) is 12.5 Å². The van der Waals surface area contributed by atoms with Crippen molar-refractivity contribution in [3.8, 4) is 0 Å². The maximum atomic E-state index is 12.1. The van der Waals surface area contributed by atoms with Crippen LogP contribution < -0.4 is 11.1 Å². The van der Waals surface area contributed by atoms with E-state index in [4.69, 9.17) is 28.9 Å². The topological polar surface area (TPSA) is 55.1 Å². The van der Waals surface area contributed by atoms with Gasteiger partial charge in [0.15, 0.2) is 0 Å². The van der Waals surface area contributed by atoms with Gasteiger partial charge in [-0.05, 0) is 49.4 Å². The second kappa shape index (κ2) is 8.62. The molecule has 0 saturated carbocycles. The first-order valence-corrected chi connectivity index (χ1v) is 8.03. The molecule has 0 aromatic heterocycles. The molecular formula is C16H24Cl2N2O. The van der Waals surface area contributed by atoms with Crippen molar-refractivity contribution in [2.75, 3.05) is 6.54 Å². The van der Waals surface area contributed by atoms with E-state index >= 15 is 0 Å². The molecule has 0 radical (unpaired) electrons. The van der Waals surface area contributed by atoms with Crippen molar-refractivity contribution < 1.29 is 4.79 Å². The molecule has 1 amide bonds. The summed E-state index contributed by atoms with van der Waals surface area (Å²) in [5.41, 5.74) is 6.67. The molecule has 0 fully saturated rings. The average molecular weight is 331 g/mol. The molecule has 3 nitrogen and oxygen atoms in total. The minimum Gasteiger partial charge on any atom is -0.350 e. The molecule has 1 unspecified atom stereocenters. The predicted molar refractivity (Wildman–Crippen MR) is 89.6 cm³/mol. The molecule has 0 saturated heterocycles. The van der Waals surface area contributed by atoms with Gasteiger partial charge in [-0.2, -0.15) is 0 Å². The van der Waals surface area contributed by atoms with Gasteiger partial charge in [-0.25, -0.2) is 0 Å². The Labute approximate surface area is 137 Å². The fourth-order valence-corrected chi connectivity index (χ4v) is 2.66.